The minimum absolute atomic E-state index is 0.0915. The van der Waals surface area contributed by atoms with Crippen molar-refractivity contribution in [2.24, 2.45) is 0 Å². The highest BCUT2D eigenvalue weighted by Gasteiger charge is 2.34. The second-order valence-electron chi connectivity index (χ2n) is 9.33. The standard InChI is InChI=1S/C30H37N3O4S/c1-5-20-31-30(35)27(6-2)32(21-25-18-16-23(3)17-19-25)29(34)22-33(28-15-11-10-12-24(28)4)38(36,37)26-13-8-7-9-14-26/h7-19,27H,5-6,20-22H2,1-4H3,(H,31,35). The number of hydrogen-bond donors (Lipinski definition) is 1. The van der Waals surface area contributed by atoms with Crippen LogP contribution < -0.4 is 9.62 Å². The van der Waals surface area contributed by atoms with Gasteiger partial charge < -0.3 is 10.2 Å². The molecule has 0 aliphatic rings. The molecule has 0 spiro atoms. The van der Waals surface area contributed by atoms with Gasteiger partial charge in [0.05, 0.1) is 10.6 Å². The van der Waals surface area contributed by atoms with Gasteiger partial charge in [0.1, 0.15) is 12.6 Å². The van der Waals surface area contributed by atoms with Gasteiger partial charge in [-0.3, -0.25) is 13.9 Å². The van der Waals surface area contributed by atoms with E-state index in [2.05, 4.69) is 5.32 Å². The van der Waals surface area contributed by atoms with Crippen molar-refractivity contribution >= 4 is 27.5 Å². The van der Waals surface area contributed by atoms with E-state index in [0.717, 1.165) is 27.4 Å². The van der Waals surface area contributed by atoms with Gasteiger partial charge in [-0.1, -0.05) is 80.1 Å². The summed E-state index contributed by atoms with van der Waals surface area (Å²) in [5.41, 5.74) is 3.08. The number of nitrogens with zero attached hydrogens (tertiary/aromatic N) is 2. The molecule has 0 aliphatic heterocycles. The summed E-state index contributed by atoms with van der Waals surface area (Å²) in [7, 11) is -4.07. The van der Waals surface area contributed by atoms with Crippen LogP contribution in [-0.4, -0.2) is 44.3 Å². The predicted molar refractivity (Wildman–Crippen MR) is 151 cm³/mol. The van der Waals surface area contributed by atoms with Gasteiger partial charge >= 0.3 is 0 Å². The summed E-state index contributed by atoms with van der Waals surface area (Å²) in [6, 6.07) is 22.2. The molecule has 1 atom stereocenters. The van der Waals surface area contributed by atoms with E-state index in [0.29, 0.717) is 18.7 Å². The highest BCUT2D eigenvalue weighted by Crippen LogP contribution is 2.27. The lowest BCUT2D eigenvalue weighted by Gasteiger charge is -2.33. The van der Waals surface area contributed by atoms with Gasteiger partial charge in [-0.2, -0.15) is 0 Å². The van der Waals surface area contributed by atoms with E-state index in [9.17, 15) is 18.0 Å². The van der Waals surface area contributed by atoms with Crippen LogP contribution in [0.2, 0.25) is 0 Å². The van der Waals surface area contributed by atoms with Gasteiger partial charge in [-0.15, -0.1) is 0 Å². The van der Waals surface area contributed by atoms with Crippen molar-refractivity contribution in [3.05, 3.63) is 95.6 Å². The Hall–Kier alpha value is -3.65. The van der Waals surface area contributed by atoms with Crippen molar-refractivity contribution in [3.63, 3.8) is 0 Å². The van der Waals surface area contributed by atoms with Gasteiger partial charge in [-0.25, -0.2) is 8.42 Å². The molecule has 0 saturated heterocycles. The maximum absolute atomic E-state index is 14.0. The van der Waals surface area contributed by atoms with Crippen LogP contribution in [0.15, 0.2) is 83.8 Å². The second-order valence-corrected chi connectivity index (χ2v) is 11.2. The van der Waals surface area contributed by atoms with Gasteiger partial charge in [0.15, 0.2) is 0 Å². The molecule has 3 aromatic rings. The number of rotatable bonds is 12. The fourth-order valence-corrected chi connectivity index (χ4v) is 5.75. The minimum Gasteiger partial charge on any atom is -0.354 e. The van der Waals surface area contributed by atoms with Crippen LogP contribution in [-0.2, 0) is 26.2 Å². The molecular formula is C30H37N3O4S. The van der Waals surface area contributed by atoms with Crippen molar-refractivity contribution in [1.29, 1.82) is 0 Å². The SMILES string of the molecule is CCCNC(=O)C(CC)N(Cc1ccc(C)cc1)C(=O)CN(c1ccccc1C)S(=O)(=O)c1ccccc1. The van der Waals surface area contributed by atoms with Crippen LogP contribution in [0.3, 0.4) is 0 Å². The minimum atomic E-state index is -4.07. The van der Waals surface area contributed by atoms with Crippen LogP contribution >= 0.6 is 0 Å². The lowest BCUT2D eigenvalue weighted by atomic mass is 10.1. The van der Waals surface area contributed by atoms with Crippen LogP contribution in [0.25, 0.3) is 0 Å². The third kappa shape index (κ3) is 7.01. The summed E-state index contributed by atoms with van der Waals surface area (Å²) >= 11 is 0. The maximum atomic E-state index is 14.0. The van der Waals surface area contributed by atoms with Crippen molar-refractivity contribution in [3.8, 4) is 0 Å². The highest BCUT2D eigenvalue weighted by molar-refractivity contribution is 7.92. The van der Waals surface area contributed by atoms with E-state index in [-0.39, 0.29) is 17.3 Å². The summed E-state index contributed by atoms with van der Waals surface area (Å²) in [6.45, 7) is 7.85. The summed E-state index contributed by atoms with van der Waals surface area (Å²) in [6.07, 6.45) is 1.16. The predicted octanol–water partition coefficient (Wildman–Crippen LogP) is 4.83. The Kier molecular flexibility index (Phi) is 10.1. The fraction of sp³-hybridized carbons (Fsp3) is 0.333. The lowest BCUT2D eigenvalue weighted by Crippen LogP contribution is -2.52. The third-order valence-electron chi connectivity index (χ3n) is 6.40. The van der Waals surface area contributed by atoms with Gasteiger partial charge in [0.2, 0.25) is 11.8 Å². The molecule has 7 nitrogen and oxygen atoms in total. The summed E-state index contributed by atoms with van der Waals surface area (Å²) < 4.78 is 28.8. The fourth-order valence-electron chi connectivity index (χ4n) is 4.25. The Labute approximate surface area is 226 Å². The van der Waals surface area contributed by atoms with Crippen molar-refractivity contribution < 1.29 is 18.0 Å². The van der Waals surface area contributed by atoms with E-state index >= 15 is 0 Å². The molecule has 1 N–H and O–H groups in total. The molecule has 202 valence electrons. The van der Waals surface area contributed by atoms with E-state index in [1.54, 1.807) is 30.3 Å². The van der Waals surface area contributed by atoms with Crippen molar-refractivity contribution in [1.82, 2.24) is 10.2 Å². The van der Waals surface area contributed by atoms with E-state index in [1.165, 1.54) is 17.0 Å². The largest absolute Gasteiger partial charge is 0.354 e. The average molecular weight is 536 g/mol. The normalized spacial score (nSPS) is 12.0. The summed E-state index contributed by atoms with van der Waals surface area (Å²) in [4.78, 5) is 28.7. The molecule has 3 rings (SSSR count). The molecule has 0 fully saturated rings. The van der Waals surface area contributed by atoms with Crippen LogP contribution in [0.1, 0.15) is 43.4 Å². The van der Waals surface area contributed by atoms with Crippen LogP contribution in [0, 0.1) is 13.8 Å². The van der Waals surface area contributed by atoms with Gasteiger partial charge in [0, 0.05) is 13.1 Å². The van der Waals surface area contributed by atoms with E-state index < -0.39 is 28.5 Å². The number of nitrogens with one attached hydrogen (secondary N) is 1. The molecule has 0 aromatic heterocycles. The Morgan fingerprint density at radius 2 is 1.50 bits per heavy atom. The van der Waals surface area contributed by atoms with E-state index in [1.807, 2.05) is 64.1 Å². The second kappa shape index (κ2) is 13.2. The number of amides is 2. The first-order valence-electron chi connectivity index (χ1n) is 12.9. The first-order valence-corrected chi connectivity index (χ1v) is 14.4. The molecule has 38 heavy (non-hydrogen) atoms. The maximum Gasteiger partial charge on any atom is 0.264 e. The van der Waals surface area contributed by atoms with Crippen LogP contribution in [0.5, 0.6) is 0 Å². The number of benzene rings is 3. The Morgan fingerprint density at radius 1 is 0.868 bits per heavy atom. The number of carbonyl (C=O) groups is 2. The van der Waals surface area contributed by atoms with Crippen molar-refractivity contribution in [2.75, 3.05) is 17.4 Å². The Balaban J connectivity index is 2.04. The number of hydrogen-bond acceptors (Lipinski definition) is 4. The molecule has 8 heteroatoms. The zero-order valence-electron chi connectivity index (χ0n) is 22.6. The zero-order valence-corrected chi connectivity index (χ0v) is 23.4. The van der Waals surface area contributed by atoms with Crippen LogP contribution in [0.4, 0.5) is 5.69 Å². The smallest absolute Gasteiger partial charge is 0.264 e. The molecule has 0 radical (unpaired) electrons. The molecule has 3 aromatic carbocycles. The summed E-state index contributed by atoms with van der Waals surface area (Å²) in [5, 5.41) is 2.90. The summed E-state index contributed by atoms with van der Waals surface area (Å²) in [5.74, 6) is -0.699. The number of carbonyl (C=O) groups excluding carboxylic acids is 2. The molecular weight excluding hydrogens is 498 g/mol. The number of anilines is 1. The Morgan fingerprint density at radius 3 is 2.11 bits per heavy atom. The van der Waals surface area contributed by atoms with Crippen molar-refractivity contribution in [2.45, 2.75) is 58.0 Å². The monoisotopic (exact) mass is 535 g/mol. The first-order chi connectivity index (χ1) is 18.2. The van der Waals surface area contributed by atoms with Gasteiger partial charge in [-0.05, 0) is 56.0 Å². The quantitative estimate of drug-likeness (QED) is 0.360. The number of sulfonamides is 1. The molecule has 0 heterocycles. The first kappa shape index (κ1) is 28.9. The molecule has 1 unspecified atom stereocenters. The molecule has 0 bridgehead atoms. The zero-order chi connectivity index (χ0) is 27.7. The number of para-hydroxylation sites is 1. The number of aryl methyl sites for hydroxylation is 2. The topological polar surface area (TPSA) is 86.8 Å². The third-order valence-corrected chi connectivity index (χ3v) is 8.18. The molecule has 0 aliphatic carbocycles. The molecule has 2 amide bonds. The molecule has 0 saturated carbocycles. The highest BCUT2D eigenvalue weighted by atomic mass is 32.2. The lowest BCUT2D eigenvalue weighted by molar-refractivity contribution is -0.140. The van der Waals surface area contributed by atoms with E-state index in [4.69, 9.17) is 0 Å². The average Bonchev–Trinajstić information content (AvgIpc) is 2.92. The Bertz CT molecular complexity index is 1330. The van der Waals surface area contributed by atoms with Gasteiger partial charge in [0.25, 0.3) is 10.0 Å².